The number of ether oxygens (including phenoxy) is 1. The molecule has 3 rings (SSSR count). The first-order valence-corrected chi connectivity index (χ1v) is 10.0. The van der Waals surface area contributed by atoms with Crippen LogP contribution in [0.2, 0.25) is 0 Å². The standard InChI is InChI=1S/C17H16O2S.C5H13N.HI/c1-11(2)19-10-12-7-8-16-14(9-12)17(18)13-5-3-4-6-15(13)20-16;1-4-6(3)5-2;/h3-9,11H,10H2,1-2H3;4-5H2,1-3H3;1H. The van der Waals surface area contributed by atoms with E-state index in [1.807, 2.05) is 56.3 Å². The third-order valence-corrected chi connectivity index (χ3v) is 5.46. The molecular formula is C22H30INO2S. The van der Waals surface area contributed by atoms with Gasteiger partial charge in [0, 0.05) is 20.2 Å². The van der Waals surface area contributed by atoms with E-state index in [1.54, 1.807) is 11.3 Å². The Morgan fingerprint density at radius 3 is 2.22 bits per heavy atom. The van der Waals surface area contributed by atoms with Crippen LogP contribution in [0.25, 0.3) is 20.2 Å². The van der Waals surface area contributed by atoms with Crippen molar-refractivity contribution in [3.8, 4) is 0 Å². The molecule has 0 bridgehead atoms. The van der Waals surface area contributed by atoms with Gasteiger partial charge < -0.3 is 9.64 Å². The minimum Gasteiger partial charge on any atom is -0.374 e. The summed E-state index contributed by atoms with van der Waals surface area (Å²) in [5.41, 5.74) is 1.16. The number of rotatable bonds is 5. The Balaban J connectivity index is 0.000000456. The first-order chi connectivity index (χ1) is 12.5. The number of fused-ring (bicyclic) bond motifs is 2. The highest BCUT2D eigenvalue weighted by atomic mass is 127. The van der Waals surface area contributed by atoms with E-state index in [-0.39, 0.29) is 35.5 Å². The zero-order valence-corrected chi connectivity index (χ0v) is 20.0. The van der Waals surface area contributed by atoms with Crippen LogP contribution in [0.15, 0.2) is 47.3 Å². The van der Waals surface area contributed by atoms with Crippen LogP contribution >= 0.6 is 35.3 Å². The average molecular weight is 499 g/mol. The maximum atomic E-state index is 12.5. The zero-order valence-electron chi connectivity index (χ0n) is 16.8. The van der Waals surface area contributed by atoms with Crippen LogP contribution in [0.4, 0.5) is 0 Å². The summed E-state index contributed by atoms with van der Waals surface area (Å²) >= 11 is 1.66. The quantitative estimate of drug-likeness (QED) is 0.323. The van der Waals surface area contributed by atoms with Gasteiger partial charge in [-0.25, -0.2) is 0 Å². The Kier molecular flexibility index (Phi) is 10.4. The Hall–Kier alpha value is -1.02. The van der Waals surface area contributed by atoms with Gasteiger partial charge >= 0.3 is 0 Å². The summed E-state index contributed by atoms with van der Waals surface area (Å²) in [4.78, 5) is 14.8. The lowest BCUT2D eigenvalue weighted by molar-refractivity contribution is 0.0658. The minimum absolute atomic E-state index is 0. The molecule has 3 aromatic rings. The van der Waals surface area contributed by atoms with Crippen molar-refractivity contribution in [3.63, 3.8) is 0 Å². The van der Waals surface area contributed by atoms with Crippen molar-refractivity contribution in [2.45, 2.75) is 40.4 Å². The smallest absolute Gasteiger partial charge is 0.195 e. The summed E-state index contributed by atoms with van der Waals surface area (Å²) in [5.74, 6) is 0. The molecule has 0 saturated heterocycles. The van der Waals surface area contributed by atoms with Gasteiger partial charge in [-0.05, 0) is 63.8 Å². The van der Waals surface area contributed by atoms with E-state index in [4.69, 9.17) is 4.74 Å². The molecule has 27 heavy (non-hydrogen) atoms. The fourth-order valence-electron chi connectivity index (χ4n) is 2.43. The van der Waals surface area contributed by atoms with Gasteiger partial charge in [-0.3, -0.25) is 4.79 Å². The molecule has 0 N–H and O–H groups in total. The molecular weight excluding hydrogens is 469 g/mol. The molecule has 0 atom stereocenters. The van der Waals surface area contributed by atoms with Crippen LogP contribution in [-0.4, -0.2) is 31.1 Å². The van der Waals surface area contributed by atoms with Crippen molar-refractivity contribution < 1.29 is 4.74 Å². The molecule has 1 heterocycles. The molecule has 0 aliphatic rings. The van der Waals surface area contributed by atoms with Crippen molar-refractivity contribution in [2.24, 2.45) is 0 Å². The SMILES string of the molecule is CC(C)OCc1ccc2sc3ccccc3c(=O)c2c1.CCN(C)CC.I. The molecule has 0 unspecified atom stereocenters. The molecule has 0 spiro atoms. The maximum absolute atomic E-state index is 12.5. The molecule has 2 aromatic carbocycles. The average Bonchev–Trinajstić information content (AvgIpc) is 2.66. The molecule has 148 valence electrons. The van der Waals surface area contributed by atoms with Gasteiger partial charge in [0.25, 0.3) is 0 Å². The summed E-state index contributed by atoms with van der Waals surface area (Å²) in [6.07, 6.45) is 0.192. The van der Waals surface area contributed by atoms with Crippen LogP contribution in [0.5, 0.6) is 0 Å². The highest BCUT2D eigenvalue weighted by Gasteiger charge is 2.06. The van der Waals surface area contributed by atoms with Crippen molar-refractivity contribution >= 4 is 55.5 Å². The van der Waals surface area contributed by atoms with E-state index in [9.17, 15) is 4.79 Å². The topological polar surface area (TPSA) is 29.5 Å². The molecule has 0 fully saturated rings. The highest BCUT2D eigenvalue weighted by Crippen LogP contribution is 2.25. The maximum Gasteiger partial charge on any atom is 0.195 e. The lowest BCUT2D eigenvalue weighted by Crippen LogP contribution is -2.15. The van der Waals surface area contributed by atoms with E-state index in [2.05, 4.69) is 25.8 Å². The van der Waals surface area contributed by atoms with Crippen LogP contribution in [0.3, 0.4) is 0 Å². The Morgan fingerprint density at radius 2 is 1.63 bits per heavy atom. The lowest BCUT2D eigenvalue weighted by Gasteiger charge is -2.08. The van der Waals surface area contributed by atoms with Crippen LogP contribution in [0, 0.1) is 0 Å². The Morgan fingerprint density at radius 1 is 1.00 bits per heavy atom. The second-order valence-corrected chi connectivity index (χ2v) is 7.69. The van der Waals surface area contributed by atoms with Crippen molar-refractivity contribution in [2.75, 3.05) is 20.1 Å². The largest absolute Gasteiger partial charge is 0.374 e. The van der Waals surface area contributed by atoms with Gasteiger partial charge in [-0.15, -0.1) is 35.3 Å². The first kappa shape index (κ1) is 24.0. The number of hydrogen-bond acceptors (Lipinski definition) is 4. The normalized spacial score (nSPS) is 10.8. The third-order valence-electron chi connectivity index (χ3n) is 4.30. The monoisotopic (exact) mass is 499 g/mol. The number of halogens is 1. The lowest BCUT2D eigenvalue weighted by atomic mass is 10.1. The number of hydrogen-bond donors (Lipinski definition) is 0. The minimum atomic E-state index is 0. The summed E-state index contributed by atoms with van der Waals surface area (Å²) in [5, 5.41) is 1.59. The second kappa shape index (κ2) is 11.7. The van der Waals surface area contributed by atoms with Gasteiger partial charge in [0.05, 0.1) is 12.7 Å². The van der Waals surface area contributed by atoms with Gasteiger partial charge in [0.15, 0.2) is 5.43 Å². The first-order valence-electron chi connectivity index (χ1n) is 9.20. The van der Waals surface area contributed by atoms with Gasteiger partial charge in [-0.2, -0.15) is 0 Å². The van der Waals surface area contributed by atoms with Gasteiger partial charge in [0.2, 0.25) is 0 Å². The fourth-order valence-corrected chi connectivity index (χ4v) is 3.48. The number of nitrogens with zero attached hydrogens (tertiary/aromatic N) is 1. The summed E-state index contributed by atoms with van der Waals surface area (Å²) in [6, 6.07) is 13.8. The van der Waals surface area contributed by atoms with Gasteiger partial charge in [0.1, 0.15) is 0 Å². The zero-order chi connectivity index (χ0) is 19.1. The van der Waals surface area contributed by atoms with E-state index in [0.717, 1.165) is 38.8 Å². The molecule has 0 amide bonds. The highest BCUT2D eigenvalue weighted by molar-refractivity contribution is 14.0. The summed E-state index contributed by atoms with van der Waals surface area (Å²) < 4.78 is 7.67. The fraction of sp³-hybridized carbons (Fsp3) is 0.409. The van der Waals surface area contributed by atoms with E-state index in [0.29, 0.717) is 6.61 Å². The van der Waals surface area contributed by atoms with Crippen molar-refractivity contribution in [1.29, 1.82) is 0 Å². The van der Waals surface area contributed by atoms with E-state index < -0.39 is 0 Å². The number of benzene rings is 2. The summed E-state index contributed by atoms with van der Waals surface area (Å²) in [7, 11) is 2.11. The molecule has 5 heteroatoms. The summed E-state index contributed by atoms with van der Waals surface area (Å²) in [6.45, 7) is 11.2. The van der Waals surface area contributed by atoms with E-state index >= 15 is 0 Å². The molecule has 0 radical (unpaired) electrons. The Bertz CT molecular complexity index is 904. The molecule has 0 aliphatic carbocycles. The van der Waals surface area contributed by atoms with Crippen LogP contribution in [0.1, 0.15) is 33.3 Å². The molecule has 0 aliphatic heterocycles. The molecule has 0 saturated carbocycles. The predicted molar refractivity (Wildman–Crippen MR) is 130 cm³/mol. The van der Waals surface area contributed by atoms with Crippen molar-refractivity contribution in [3.05, 3.63) is 58.3 Å². The predicted octanol–water partition coefficient (Wildman–Crippen LogP) is 5.92. The van der Waals surface area contributed by atoms with Gasteiger partial charge in [-0.1, -0.05) is 32.0 Å². The van der Waals surface area contributed by atoms with Crippen molar-refractivity contribution in [1.82, 2.24) is 4.90 Å². The Labute approximate surface area is 183 Å². The van der Waals surface area contributed by atoms with Crippen LogP contribution in [-0.2, 0) is 11.3 Å². The van der Waals surface area contributed by atoms with E-state index in [1.165, 1.54) is 0 Å². The van der Waals surface area contributed by atoms with Crippen LogP contribution < -0.4 is 5.43 Å². The molecule has 3 nitrogen and oxygen atoms in total. The molecule has 1 aromatic heterocycles. The third kappa shape index (κ3) is 6.82. The second-order valence-electron chi connectivity index (χ2n) is 6.61.